The molecule has 0 atom stereocenters. The number of aromatic nitrogens is 3. The van der Waals surface area contributed by atoms with E-state index in [0.29, 0.717) is 33.9 Å². The molecule has 5 rings (SSSR count). The van der Waals surface area contributed by atoms with Crippen LogP contribution in [0.5, 0.6) is 0 Å². The molecular weight excluding hydrogens is 478 g/mol. The molecule has 2 N–H and O–H groups in total. The Bertz CT molecular complexity index is 1560. The average Bonchev–Trinajstić information content (AvgIpc) is 2.93. The van der Waals surface area contributed by atoms with Crippen molar-refractivity contribution in [1.29, 1.82) is 0 Å². The summed E-state index contributed by atoms with van der Waals surface area (Å²) in [5.41, 5.74) is 6.76. The zero-order valence-electron chi connectivity index (χ0n) is 20.7. The second-order valence-electron chi connectivity index (χ2n) is 9.00. The van der Waals surface area contributed by atoms with Crippen LogP contribution >= 0.6 is 0 Å². The SMILES string of the molecule is Cc1ccc(-c2cc(C(=O)O)nc(-c3cccc(-c4cc(-c5ccc(C)cc5)cc(C(=O)O)n4)n3)c2)cc1. The van der Waals surface area contributed by atoms with Gasteiger partial charge in [0.25, 0.3) is 0 Å². The van der Waals surface area contributed by atoms with Crippen molar-refractivity contribution >= 4 is 11.9 Å². The maximum Gasteiger partial charge on any atom is 0.354 e. The number of rotatable bonds is 6. The van der Waals surface area contributed by atoms with E-state index >= 15 is 0 Å². The van der Waals surface area contributed by atoms with E-state index in [1.54, 1.807) is 30.3 Å². The highest BCUT2D eigenvalue weighted by atomic mass is 16.4. The first-order valence-electron chi connectivity index (χ1n) is 11.9. The molecule has 3 aromatic heterocycles. The second-order valence-corrected chi connectivity index (χ2v) is 9.00. The van der Waals surface area contributed by atoms with Gasteiger partial charge in [-0.2, -0.15) is 0 Å². The minimum absolute atomic E-state index is 0.0991. The number of carboxylic acids is 2. The van der Waals surface area contributed by atoms with Gasteiger partial charge in [-0.15, -0.1) is 0 Å². The van der Waals surface area contributed by atoms with E-state index in [1.807, 2.05) is 62.4 Å². The van der Waals surface area contributed by atoms with Crippen LogP contribution < -0.4 is 0 Å². The molecule has 0 aliphatic heterocycles. The Hall–Kier alpha value is -5.17. The molecule has 0 aliphatic carbocycles. The van der Waals surface area contributed by atoms with Crippen molar-refractivity contribution in [2.45, 2.75) is 13.8 Å². The third kappa shape index (κ3) is 5.17. The lowest BCUT2D eigenvalue weighted by molar-refractivity contribution is 0.0680. The molecule has 0 spiro atoms. The Balaban J connectivity index is 1.62. The van der Waals surface area contributed by atoms with Crippen LogP contribution in [0.25, 0.3) is 45.0 Å². The fourth-order valence-corrected chi connectivity index (χ4v) is 4.09. The Morgan fingerprint density at radius 3 is 1.26 bits per heavy atom. The molecule has 0 saturated heterocycles. The summed E-state index contributed by atoms with van der Waals surface area (Å²) in [6.45, 7) is 3.97. The van der Waals surface area contributed by atoms with E-state index in [9.17, 15) is 19.8 Å². The predicted octanol–water partition coefficient (Wildman–Crippen LogP) is 6.55. The van der Waals surface area contributed by atoms with E-state index in [0.717, 1.165) is 22.3 Å². The van der Waals surface area contributed by atoms with Crippen LogP contribution in [-0.2, 0) is 0 Å². The van der Waals surface area contributed by atoms with E-state index in [4.69, 9.17) is 4.98 Å². The number of benzene rings is 2. The summed E-state index contributed by atoms with van der Waals surface area (Å²) in [5.74, 6) is -2.29. The van der Waals surface area contributed by atoms with Gasteiger partial charge in [0.15, 0.2) is 0 Å². The van der Waals surface area contributed by atoms with Gasteiger partial charge in [0.1, 0.15) is 11.4 Å². The van der Waals surface area contributed by atoms with Crippen molar-refractivity contribution in [3.8, 4) is 45.0 Å². The van der Waals surface area contributed by atoms with E-state index in [1.165, 1.54) is 12.1 Å². The molecule has 7 nitrogen and oxygen atoms in total. The second kappa shape index (κ2) is 10.1. The van der Waals surface area contributed by atoms with Crippen molar-refractivity contribution in [2.75, 3.05) is 0 Å². The topological polar surface area (TPSA) is 113 Å². The van der Waals surface area contributed by atoms with E-state index in [2.05, 4.69) is 9.97 Å². The first kappa shape index (κ1) is 24.5. The Morgan fingerprint density at radius 1 is 0.500 bits per heavy atom. The molecule has 2 aromatic carbocycles. The van der Waals surface area contributed by atoms with Gasteiger partial charge in [0, 0.05) is 0 Å². The molecule has 7 heteroatoms. The van der Waals surface area contributed by atoms with Crippen LogP contribution in [0.3, 0.4) is 0 Å². The Labute approximate surface area is 219 Å². The summed E-state index contributed by atoms with van der Waals surface area (Å²) >= 11 is 0. The van der Waals surface area contributed by atoms with Crippen molar-refractivity contribution in [1.82, 2.24) is 15.0 Å². The average molecular weight is 502 g/mol. The fraction of sp³-hybridized carbons (Fsp3) is 0.0645. The number of aromatic carboxylic acids is 2. The molecule has 0 bridgehead atoms. The quantitative estimate of drug-likeness (QED) is 0.271. The maximum absolute atomic E-state index is 11.9. The van der Waals surface area contributed by atoms with Crippen molar-refractivity contribution < 1.29 is 19.8 Å². The van der Waals surface area contributed by atoms with Gasteiger partial charge in [0.05, 0.1) is 22.8 Å². The smallest absolute Gasteiger partial charge is 0.354 e. The van der Waals surface area contributed by atoms with Gasteiger partial charge in [-0.25, -0.2) is 24.5 Å². The number of pyridine rings is 3. The lowest BCUT2D eigenvalue weighted by Gasteiger charge is -2.10. The largest absolute Gasteiger partial charge is 0.477 e. The highest BCUT2D eigenvalue weighted by Gasteiger charge is 2.16. The minimum Gasteiger partial charge on any atom is -0.477 e. The summed E-state index contributed by atoms with van der Waals surface area (Å²) < 4.78 is 0. The molecule has 0 radical (unpaired) electrons. The Morgan fingerprint density at radius 2 is 0.895 bits per heavy atom. The van der Waals surface area contributed by atoms with Crippen LogP contribution in [0, 0.1) is 13.8 Å². The number of carboxylic acid groups (broad SMARTS) is 2. The molecule has 0 fully saturated rings. The van der Waals surface area contributed by atoms with Crippen LogP contribution in [0.2, 0.25) is 0 Å². The predicted molar refractivity (Wildman–Crippen MR) is 145 cm³/mol. The molecular formula is C31H23N3O4. The van der Waals surface area contributed by atoms with Crippen LogP contribution in [-0.4, -0.2) is 37.1 Å². The summed E-state index contributed by atoms with van der Waals surface area (Å²) in [5, 5.41) is 19.4. The minimum atomic E-state index is -1.14. The van der Waals surface area contributed by atoms with E-state index in [-0.39, 0.29) is 11.4 Å². The van der Waals surface area contributed by atoms with Crippen molar-refractivity contribution in [3.63, 3.8) is 0 Å². The van der Waals surface area contributed by atoms with Gasteiger partial charge in [-0.3, -0.25) is 0 Å². The standard InChI is InChI=1S/C31H23N3O4/c1-18-6-10-20(11-7-18)22-14-26(33-28(16-22)30(35)36)24-4-3-5-25(32-24)27-15-23(17-29(34-27)31(37)38)21-12-8-19(2)9-13-21/h3-17H,1-2H3,(H,35,36)(H,37,38). The normalized spacial score (nSPS) is 10.8. The lowest BCUT2D eigenvalue weighted by Crippen LogP contribution is -2.04. The summed E-state index contributed by atoms with van der Waals surface area (Å²) in [6.07, 6.45) is 0. The Kier molecular flexibility index (Phi) is 6.49. The summed E-state index contributed by atoms with van der Waals surface area (Å²) in [4.78, 5) is 37.1. The molecule has 186 valence electrons. The number of hydrogen-bond donors (Lipinski definition) is 2. The number of aryl methyl sites for hydroxylation is 2. The molecule has 0 saturated carbocycles. The van der Waals surface area contributed by atoms with Crippen LogP contribution in [0.15, 0.2) is 91.0 Å². The lowest BCUT2D eigenvalue weighted by atomic mass is 10.0. The third-order valence-corrected chi connectivity index (χ3v) is 6.13. The first-order valence-corrected chi connectivity index (χ1v) is 11.9. The molecule has 3 heterocycles. The molecule has 5 aromatic rings. The fourth-order valence-electron chi connectivity index (χ4n) is 4.09. The van der Waals surface area contributed by atoms with Gasteiger partial charge in [-0.1, -0.05) is 65.7 Å². The highest BCUT2D eigenvalue weighted by molar-refractivity contribution is 5.89. The van der Waals surface area contributed by atoms with Gasteiger partial charge >= 0.3 is 11.9 Å². The molecule has 0 aliphatic rings. The van der Waals surface area contributed by atoms with E-state index < -0.39 is 11.9 Å². The third-order valence-electron chi connectivity index (χ3n) is 6.13. The van der Waals surface area contributed by atoms with Crippen LogP contribution in [0.4, 0.5) is 0 Å². The number of hydrogen-bond acceptors (Lipinski definition) is 5. The van der Waals surface area contributed by atoms with Gasteiger partial charge in [-0.05, 0) is 72.5 Å². The van der Waals surface area contributed by atoms with Crippen molar-refractivity contribution in [3.05, 3.63) is 114 Å². The van der Waals surface area contributed by atoms with Crippen molar-refractivity contribution in [2.24, 2.45) is 0 Å². The van der Waals surface area contributed by atoms with Crippen LogP contribution in [0.1, 0.15) is 32.1 Å². The number of carbonyl (C=O) groups is 2. The summed E-state index contributed by atoms with van der Waals surface area (Å²) in [6, 6.07) is 27.4. The zero-order chi connectivity index (χ0) is 26.8. The molecule has 0 unspecified atom stereocenters. The monoisotopic (exact) mass is 501 g/mol. The molecule has 0 amide bonds. The molecule has 38 heavy (non-hydrogen) atoms. The zero-order valence-corrected chi connectivity index (χ0v) is 20.7. The van der Waals surface area contributed by atoms with Gasteiger partial charge in [0.2, 0.25) is 0 Å². The maximum atomic E-state index is 11.9. The first-order chi connectivity index (χ1) is 18.3. The van der Waals surface area contributed by atoms with Gasteiger partial charge < -0.3 is 10.2 Å². The summed E-state index contributed by atoms with van der Waals surface area (Å²) in [7, 11) is 0. The number of nitrogens with zero attached hydrogens (tertiary/aromatic N) is 3. The highest BCUT2D eigenvalue weighted by Crippen LogP contribution is 2.29.